The van der Waals surface area contributed by atoms with Crippen molar-refractivity contribution in [2.24, 2.45) is 0 Å². The molecule has 0 fully saturated rings. The molecule has 0 unspecified atom stereocenters. The monoisotopic (exact) mass is 242 g/mol. The van der Waals surface area contributed by atoms with E-state index < -0.39 is 4.92 Å². The lowest BCUT2D eigenvalue weighted by atomic mass is 10.3. The van der Waals surface area contributed by atoms with Crippen molar-refractivity contribution in [3.63, 3.8) is 0 Å². The number of hydrogen-bond donors (Lipinski definition) is 2. The van der Waals surface area contributed by atoms with Gasteiger partial charge in [-0.2, -0.15) is 11.8 Å². The number of thioether (sulfide) groups is 1. The van der Waals surface area contributed by atoms with Crippen molar-refractivity contribution >= 4 is 29.1 Å². The van der Waals surface area contributed by atoms with Gasteiger partial charge in [-0.15, -0.1) is 0 Å². The molecule has 0 bridgehead atoms. The number of nitrogens with one attached hydrogen (secondary N) is 1. The van der Waals surface area contributed by atoms with Crippen LogP contribution in [0.15, 0.2) is 12.1 Å². The highest BCUT2D eigenvalue weighted by Gasteiger charge is 2.14. The van der Waals surface area contributed by atoms with Crippen molar-refractivity contribution in [1.29, 1.82) is 0 Å². The third kappa shape index (κ3) is 3.58. The zero-order chi connectivity index (χ0) is 12.0. The molecule has 0 atom stereocenters. The van der Waals surface area contributed by atoms with E-state index in [-0.39, 0.29) is 17.3 Å². The normalized spacial score (nSPS) is 10.1. The predicted molar refractivity (Wildman–Crippen MR) is 66.8 cm³/mol. The molecule has 7 heteroatoms. The average molecular weight is 242 g/mol. The van der Waals surface area contributed by atoms with E-state index in [1.54, 1.807) is 11.8 Å². The van der Waals surface area contributed by atoms with Gasteiger partial charge in [0.1, 0.15) is 5.82 Å². The Morgan fingerprint density at radius 3 is 3.00 bits per heavy atom. The van der Waals surface area contributed by atoms with Crippen LogP contribution in [0.4, 0.5) is 17.3 Å². The predicted octanol–water partition coefficient (Wildman–Crippen LogP) is 1.74. The molecule has 16 heavy (non-hydrogen) atoms. The van der Waals surface area contributed by atoms with Crippen molar-refractivity contribution in [3.8, 4) is 0 Å². The van der Waals surface area contributed by atoms with E-state index in [1.807, 2.05) is 6.26 Å². The van der Waals surface area contributed by atoms with Gasteiger partial charge in [-0.25, -0.2) is 4.98 Å². The highest BCUT2D eigenvalue weighted by molar-refractivity contribution is 7.98. The van der Waals surface area contributed by atoms with Crippen LogP contribution in [0.3, 0.4) is 0 Å². The van der Waals surface area contributed by atoms with E-state index in [1.165, 1.54) is 12.1 Å². The summed E-state index contributed by atoms with van der Waals surface area (Å²) in [5.74, 6) is 1.52. The molecule has 1 heterocycles. The summed E-state index contributed by atoms with van der Waals surface area (Å²) in [7, 11) is 0. The minimum absolute atomic E-state index is 0.0432. The topological polar surface area (TPSA) is 94.1 Å². The number of rotatable bonds is 6. The number of nitrogen functional groups attached to an aromatic ring is 1. The van der Waals surface area contributed by atoms with Crippen molar-refractivity contribution in [3.05, 3.63) is 22.2 Å². The van der Waals surface area contributed by atoms with Gasteiger partial charge in [-0.05, 0) is 24.5 Å². The Bertz CT molecular complexity index is 373. The lowest BCUT2D eigenvalue weighted by Crippen LogP contribution is -2.08. The summed E-state index contributed by atoms with van der Waals surface area (Å²) in [4.78, 5) is 14.1. The Morgan fingerprint density at radius 2 is 2.38 bits per heavy atom. The summed E-state index contributed by atoms with van der Waals surface area (Å²) in [6.07, 6.45) is 2.94. The second-order valence-corrected chi connectivity index (χ2v) is 4.12. The summed E-state index contributed by atoms with van der Waals surface area (Å²) in [6.45, 7) is 0.651. The first-order chi connectivity index (χ1) is 7.65. The van der Waals surface area contributed by atoms with Crippen LogP contribution < -0.4 is 11.1 Å². The molecule has 3 N–H and O–H groups in total. The molecule has 6 nitrogen and oxygen atoms in total. The van der Waals surface area contributed by atoms with Crippen molar-refractivity contribution < 1.29 is 4.92 Å². The van der Waals surface area contributed by atoms with Crippen LogP contribution in [-0.4, -0.2) is 28.5 Å². The highest BCUT2D eigenvalue weighted by atomic mass is 32.2. The van der Waals surface area contributed by atoms with Crippen LogP contribution in [0.5, 0.6) is 0 Å². The van der Waals surface area contributed by atoms with Gasteiger partial charge < -0.3 is 11.1 Å². The van der Waals surface area contributed by atoms with E-state index in [9.17, 15) is 10.1 Å². The molecule has 1 aromatic rings. The summed E-state index contributed by atoms with van der Waals surface area (Å²) in [5.41, 5.74) is 5.44. The third-order valence-electron chi connectivity index (χ3n) is 1.91. The van der Waals surface area contributed by atoms with Gasteiger partial charge in [-0.3, -0.25) is 10.1 Å². The third-order valence-corrected chi connectivity index (χ3v) is 2.61. The largest absolute Gasteiger partial charge is 0.384 e. The smallest absolute Gasteiger partial charge is 0.311 e. The maximum absolute atomic E-state index is 10.7. The molecule has 0 spiro atoms. The Hall–Kier alpha value is -1.50. The molecule has 0 aliphatic heterocycles. The van der Waals surface area contributed by atoms with Gasteiger partial charge in [0.05, 0.1) is 4.92 Å². The van der Waals surface area contributed by atoms with Gasteiger partial charge >= 0.3 is 5.69 Å². The summed E-state index contributed by atoms with van der Waals surface area (Å²) < 4.78 is 0. The number of pyridine rings is 1. The molecule has 1 rings (SSSR count). The van der Waals surface area contributed by atoms with Crippen LogP contribution >= 0.6 is 11.8 Å². The van der Waals surface area contributed by atoms with Crippen molar-refractivity contribution in [2.75, 3.05) is 29.6 Å². The fraction of sp³-hybridized carbons (Fsp3) is 0.444. The van der Waals surface area contributed by atoms with Crippen LogP contribution in [0.2, 0.25) is 0 Å². The van der Waals surface area contributed by atoms with Gasteiger partial charge in [0.15, 0.2) is 0 Å². The first kappa shape index (κ1) is 12.6. The SMILES string of the molecule is CSCCCNc1nc(N)ccc1[N+](=O)[O-]. The van der Waals surface area contributed by atoms with E-state index in [2.05, 4.69) is 10.3 Å². The standard InChI is InChI=1S/C9H14N4O2S/c1-16-6-2-5-11-9-7(13(14)15)3-4-8(10)12-9/h3-4H,2,5-6H2,1H3,(H3,10,11,12). The Labute approximate surface area is 97.8 Å². The molecule has 0 saturated heterocycles. The number of hydrogen-bond acceptors (Lipinski definition) is 6. The van der Waals surface area contributed by atoms with E-state index >= 15 is 0 Å². The molecule has 0 aliphatic rings. The highest BCUT2D eigenvalue weighted by Crippen LogP contribution is 2.22. The molecule has 0 aromatic carbocycles. The zero-order valence-electron chi connectivity index (χ0n) is 8.97. The minimum atomic E-state index is -0.469. The lowest BCUT2D eigenvalue weighted by molar-refractivity contribution is -0.384. The fourth-order valence-electron chi connectivity index (χ4n) is 1.17. The number of aromatic nitrogens is 1. The molecule has 0 amide bonds. The molecular formula is C9H14N4O2S. The second-order valence-electron chi connectivity index (χ2n) is 3.13. The van der Waals surface area contributed by atoms with E-state index in [0.717, 1.165) is 12.2 Å². The Balaban J connectivity index is 2.68. The number of nitrogens with two attached hydrogens (primary N) is 1. The average Bonchev–Trinajstić information content (AvgIpc) is 2.24. The molecule has 0 radical (unpaired) electrons. The van der Waals surface area contributed by atoms with Crippen LogP contribution in [0, 0.1) is 10.1 Å². The van der Waals surface area contributed by atoms with Crippen LogP contribution in [-0.2, 0) is 0 Å². The van der Waals surface area contributed by atoms with Crippen molar-refractivity contribution in [2.45, 2.75) is 6.42 Å². The van der Waals surface area contributed by atoms with Gasteiger partial charge in [-0.1, -0.05) is 0 Å². The number of nitro groups is 1. The Kier molecular flexibility index (Phi) is 4.84. The summed E-state index contributed by atoms with van der Waals surface area (Å²) in [6, 6.07) is 2.78. The molecule has 0 aliphatic carbocycles. The first-order valence-corrected chi connectivity index (χ1v) is 6.18. The second kappa shape index (κ2) is 6.16. The summed E-state index contributed by atoms with van der Waals surface area (Å²) in [5, 5.41) is 13.6. The van der Waals surface area contributed by atoms with Gasteiger partial charge in [0, 0.05) is 12.6 Å². The molecular weight excluding hydrogens is 228 g/mol. The van der Waals surface area contributed by atoms with Gasteiger partial charge in [0.2, 0.25) is 5.82 Å². The maximum Gasteiger partial charge on any atom is 0.311 e. The van der Waals surface area contributed by atoms with E-state index in [4.69, 9.17) is 5.73 Å². The first-order valence-electron chi connectivity index (χ1n) is 4.79. The Morgan fingerprint density at radius 1 is 1.62 bits per heavy atom. The minimum Gasteiger partial charge on any atom is -0.384 e. The van der Waals surface area contributed by atoms with Crippen LogP contribution in [0.25, 0.3) is 0 Å². The van der Waals surface area contributed by atoms with Gasteiger partial charge in [0.25, 0.3) is 0 Å². The molecule has 1 aromatic heterocycles. The zero-order valence-corrected chi connectivity index (χ0v) is 9.79. The van der Waals surface area contributed by atoms with Crippen LogP contribution in [0.1, 0.15) is 6.42 Å². The number of nitrogens with zero attached hydrogens (tertiary/aromatic N) is 2. The van der Waals surface area contributed by atoms with Crippen molar-refractivity contribution in [1.82, 2.24) is 4.98 Å². The number of anilines is 2. The fourth-order valence-corrected chi connectivity index (χ4v) is 1.60. The summed E-state index contributed by atoms with van der Waals surface area (Å²) >= 11 is 1.73. The molecule has 88 valence electrons. The quantitative estimate of drug-likeness (QED) is 0.448. The lowest BCUT2D eigenvalue weighted by Gasteiger charge is -2.05. The molecule has 0 saturated carbocycles. The van der Waals surface area contributed by atoms with E-state index in [0.29, 0.717) is 6.54 Å². The maximum atomic E-state index is 10.7.